The number of nitrogens with zero attached hydrogens (tertiary/aromatic N) is 3. The maximum absolute atomic E-state index is 13.7. The van der Waals surface area contributed by atoms with Crippen LogP contribution < -0.4 is 10.6 Å². The standard InChI is InChI=1S/C29H31N5O2/c1-5-29(22-16-31-34-26(22)32-24-15-28(2,3)33-27(35)25(24)29)18-8-6-7-17(13-18)20-11-12-30-23-14-19(36-4)9-10-21(20)23/h6-9,12-14,16,26,32H,5,10-11,15H2,1-4H3,(H,33,35)/t26?,29-/m0/s1. The van der Waals surface area contributed by atoms with Crippen molar-refractivity contribution in [2.45, 2.75) is 63.6 Å². The molecule has 0 radical (unpaired) electrons. The first kappa shape index (κ1) is 22.7. The number of azo groups is 1. The summed E-state index contributed by atoms with van der Waals surface area (Å²) in [5.74, 6) is 0.826. The van der Waals surface area contributed by atoms with E-state index in [2.05, 4.69) is 77.0 Å². The molecule has 7 heteroatoms. The predicted octanol–water partition coefficient (Wildman–Crippen LogP) is 5.21. The summed E-state index contributed by atoms with van der Waals surface area (Å²) in [6, 6.07) is 8.68. The number of rotatable bonds is 4. The Bertz CT molecular complexity index is 1390. The zero-order valence-electron chi connectivity index (χ0n) is 21.2. The lowest BCUT2D eigenvalue weighted by atomic mass is 9.62. The summed E-state index contributed by atoms with van der Waals surface area (Å²) in [5, 5.41) is 15.5. The molecule has 4 aliphatic heterocycles. The molecule has 0 aromatic heterocycles. The van der Waals surface area contributed by atoms with E-state index in [4.69, 9.17) is 4.74 Å². The molecule has 0 bridgehead atoms. The van der Waals surface area contributed by atoms with Crippen LogP contribution in [0.25, 0.3) is 5.57 Å². The zero-order chi connectivity index (χ0) is 25.1. The molecular formula is C29H31N5O2. The molecule has 6 rings (SSSR count). The van der Waals surface area contributed by atoms with Gasteiger partial charge in [-0.25, -0.2) is 0 Å². The zero-order valence-corrected chi connectivity index (χ0v) is 21.2. The highest BCUT2D eigenvalue weighted by Crippen LogP contribution is 2.51. The van der Waals surface area contributed by atoms with Crippen LogP contribution in [0.5, 0.6) is 0 Å². The van der Waals surface area contributed by atoms with E-state index in [-0.39, 0.29) is 17.6 Å². The number of aliphatic imine (C=N–C) groups is 1. The number of dihydropyridines is 1. The van der Waals surface area contributed by atoms with E-state index < -0.39 is 5.41 Å². The quantitative estimate of drug-likeness (QED) is 0.619. The lowest BCUT2D eigenvalue weighted by Crippen LogP contribution is -2.58. The topological polar surface area (TPSA) is 87.4 Å². The molecule has 1 aliphatic carbocycles. The first-order chi connectivity index (χ1) is 17.4. The van der Waals surface area contributed by atoms with Crippen molar-refractivity contribution in [1.82, 2.24) is 10.6 Å². The first-order valence-electron chi connectivity index (χ1n) is 12.6. The second kappa shape index (κ2) is 8.15. The van der Waals surface area contributed by atoms with Gasteiger partial charge in [0.15, 0.2) is 6.17 Å². The molecule has 36 heavy (non-hydrogen) atoms. The van der Waals surface area contributed by atoms with Gasteiger partial charge in [-0.05, 0) is 55.0 Å². The summed E-state index contributed by atoms with van der Waals surface area (Å²) < 4.78 is 5.44. The van der Waals surface area contributed by atoms with Gasteiger partial charge in [0.05, 0.1) is 30.0 Å². The van der Waals surface area contributed by atoms with E-state index in [9.17, 15) is 4.79 Å². The van der Waals surface area contributed by atoms with Crippen molar-refractivity contribution in [2.24, 2.45) is 15.2 Å². The summed E-state index contributed by atoms with van der Waals surface area (Å²) in [6.45, 7) is 6.27. The number of nitrogens with one attached hydrogen (secondary N) is 2. The van der Waals surface area contributed by atoms with Gasteiger partial charge in [0.1, 0.15) is 5.76 Å². The van der Waals surface area contributed by atoms with Crippen LogP contribution in [-0.2, 0) is 14.9 Å². The molecule has 184 valence electrons. The van der Waals surface area contributed by atoms with Crippen LogP contribution in [-0.4, -0.2) is 30.9 Å². The van der Waals surface area contributed by atoms with Crippen molar-refractivity contribution < 1.29 is 9.53 Å². The van der Waals surface area contributed by atoms with Gasteiger partial charge in [-0.2, -0.15) is 10.2 Å². The highest BCUT2D eigenvalue weighted by Gasteiger charge is 2.53. The maximum Gasteiger partial charge on any atom is 0.250 e. The van der Waals surface area contributed by atoms with Crippen LogP contribution in [0.15, 0.2) is 91.7 Å². The van der Waals surface area contributed by atoms with Gasteiger partial charge in [-0.15, -0.1) is 0 Å². The van der Waals surface area contributed by atoms with E-state index in [1.807, 2.05) is 18.5 Å². The molecular weight excluding hydrogens is 450 g/mol. The molecule has 5 aliphatic rings. The van der Waals surface area contributed by atoms with Crippen molar-refractivity contribution in [1.29, 1.82) is 0 Å². The number of allylic oxidation sites excluding steroid dienone is 4. The second-order valence-electron chi connectivity index (χ2n) is 10.6. The summed E-state index contributed by atoms with van der Waals surface area (Å²) in [5.41, 5.74) is 7.58. The largest absolute Gasteiger partial charge is 0.497 e. The molecule has 2 N–H and O–H groups in total. The van der Waals surface area contributed by atoms with Gasteiger partial charge in [0.25, 0.3) is 5.91 Å². The monoisotopic (exact) mass is 481 g/mol. The Labute approximate surface area is 211 Å². The van der Waals surface area contributed by atoms with Gasteiger partial charge in [-0.1, -0.05) is 31.2 Å². The fourth-order valence-electron chi connectivity index (χ4n) is 6.35. The van der Waals surface area contributed by atoms with E-state index in [1.165, 1.54) is 11.1 Å². The van der Waals surface area contributed by atoms with Crippen LogP contribution in [0.2, 0.25) is 0 Å². The summed E-state index contributed by atoms with van der Waals surface area (Å²) in [7, 11) is 1.69. The number of carbonyl (C=O) groups is 1. The van der Waals surface area contributed by atoms with E-state index in [1.54, 1.807) is 7.11 Å². The van der Waals surface area contributed by atoms with Crippen LogP contribution in [0, 0.1) is 0 Å². The fourth-order valence-corrected chi connectivity index (χ4v) is 6.35. The van der Waals surface area contributed by atoms with Gasteiger partial charge in [0, 0.05) is 41.9 Å². The van der Waals surface area contributed by atoms with Crippen molar-refractivity contribution in [3.05, 3.63) is 87.6 Å². The van der Waals surface area contributed by atoms with E-state index in [0.29, 0.717) is 0 Å². The van der Waals surface area contributed by atoms with Crippen LogP contribution in [0.4, 0.5) is 0 Å². The minimum absolute atomic E-state index is 0.0196. The van der Waals surface area contributed by atoms with Crippen molar-refractivity contribution >= 4 is 17.7 Å². The highest BCUT2D eigenvalue weighted by molar-refractivity contribution is 6.00. The summed E-state index contributed by atoms with van der Waals surface area (Å²) >= 11 is 0. The number of amides is 1. The molecule has 0 saturated carbocycles. The number of fused-ring (bicyclic) bond motifs is 2. The average molecular weight is 482 g/mol. The number of carbonyl (C=O) groups excluding carboxylic acids is 1. The fraction of sp³-hybridized carbons (Fsp3) is 0.379. The SMILES string of the molecule is CC[C@]1(c2cccc(C3=C4CC=C(OC)C=C4N=CC3)c2)C2=CN=NC2NC2=C1C(=O)NC(C)(C)C2. The molecule has 4 heterocycles. The molecule has 1 unspecified atom stereocenters. The average Bonchev–Trinajstić information content (AvgIpc) is 3.35. The lowest BCUT2D eigenvalue weighted by Gasteiger charge is -2.48. The molecule has 2 atom stereocenters. The Morgan fingerprint density at radius 2 is 2.06 bits per heavy atom. The Kier molecular flexibility index (Phi) is 5.14. The van der Waals surface area contributed by atoms with Crippen LogP contribution in [0.3, 0.4) is 0 Å². The molecule has 0 fully saturated rings. The lowest BCUT2D eigenvalue weighted by molar-refractivity contribution is -0.120. The Morgan fingerprint density at radius 1 is 1.19 bits per heavy atom. The Hall–Kier alpha value is -3.74. The third-order valence-corrected chi connectivity index (χ3v) is 7.96. The minimum atomic E-state index is -0.603. The van der Waals surface area contributed by atoms with Crippen molar-refractivity contribution in [3.63, 3.8) is 0 Å². The van der Waals surface area contributed by atoms with E-state index in [0.717, 1.165) is 65.1 Å². The number of methoxy groups -OCH3 is 1. The van der Waals surface area contributed by atoms with Gasteiger partial charge < -0.3 is 15.4 Å². The Morgan fingerprint density at radius 3 is 2.86 bits per heavy atom. The van der Waals surface area contributed by atoms with E-state index >= 15 is 0 Å². The number of benzene rings is 1. The normalized spacial score (nSPS) is 27.8. The van der Waals surface area contributed by atoms with Crippen molar-refractivity contribution in [2.75, 3.05) is 7.11 Å². The predicted molar refractivity (Wildman–Crippen MR) is 140 cm³/mol. The Balaban J connectivity index is 1.51. The third kappa shape index (κ3) is 3.33. The summed E-state index contributed by atoms with van der Waals surface area (Å²) in [4.78, 5) is 18.3. The van der Waals surface area contributed by atoms with Gasteiger partial charge >= 0.3 is 0 Å². The molecule has 1 aromatic carbocycles. The number of ether oxygens (including phenoxy) is 1. The maximum atomic E-state index is 13.7. The number of hydrogen-bond acceptors (Lipinski definition) is 6. The molecule has 1 amide bonds. The first-order valence-corrected chi connectivity index (χ1v) is 12.6. The van der Waals surface area contributed by atoms with Crippen molar-refractivity contribution in [3.8, 4) is 0 Å². The van der Waals surface area contributed by atoms with Gasteiger partial charge in [0.2, 0.25) is 0 Å². The molecule has 0 spiro atoms. The van der Waals surface area contributed by atoms with Crippen LogP contribution in [0.1, 0.15) is 57.6 Å². The smallest absolute Gasteiger partial charge is 0.250 e. The molecule has 1 aromatic rings. The highest BCUT2D eigenvalue weighted by atomic mass is 16.5. The minimum Gasteiger partial charge on any atom is -0.497 e. The molecule has 0 saturated heterocycles. The summed E-state index contributed by atoms with van der Waals surface area (Å²) in [6.07, 6.45) is 10.7. The molecule has 7 nitrogen and oxygen atoms in total. The van der Waals surface area contributed by atoms with Crippen LogP contribution >= 0.6 is 0 Å². The number of hydrogen-bond donors (Lipinski definition) is 2. The van der Waals surface area contributed by atoms with Gasteiger partial charge in [-0.3, -0.25) is 9.79 Å². The third-order valence-electron chi connectivity index (χ3n) is 7.96. The second-order valence-corrected chi connectivity index (χ2v) is 10.6.